The van der Waals surface area contributed by atoms with E-state index in [9.17, 15) is 8.42 Å². The van der Waals surface area contributed by atoms with Gasteiger partial charge in [-0.05, 0) is 24.7 Å². The molecule has 1 rings (SSSR count). The standard InChI is InChI=1S/C11H24N2O2S/c1-11(2,3)6-8-16(14,15)13-7-4-5-10(12)9-13/h10H,4-9,12H2,1-3H3/t10-/m1/s1. The fourth-order valence-electron chi connectivity index (χ4n) is 1.79. The lowest BCUT2D eigenvalue weighted by molar-refractivity contribution is 0.312. The molecule has 1 atom stereocenters. The Morgan fingerprint density at radius 2 is 2.00 bits per heavy atom. The van der Waals surface area contributed by atoms with Crippen LogP contribution < -0.4 is 5.73 Å². The molecule has 1 aliphatic heterocycles. The van der Waals surface area contributed by atoms with Crippen molar-refractivity contribution in [3.8, 4) is 0 Å². The number of nitrogens with zero attached hydrogens (tertiary/aromatic N) is 1. The third-order valence-corrected chi connectivity index (χ3v) is 4.76. The van der Waals surface area contributed by atoms with Crippen molar-refractivity contribution in [2.75, 3.05) is 18.8 Å². The second kappa shape index (κ2) is 5.02. The largest absolute Gasteiger partial charge is 0.327 e. The van der Waals surface area contributed by atoms with Crippen molar-refractivity contribution in [3.05, 3.63) is 0 Å². The second-order valence-electron chi connectivity index (χ2n) is 5.89. The summed E-state index contributed by atoms with van der Waals surface area (Å²) in [6, 6.07) is 0.0122. The lowest BCUT2D eigenvalue weighted by Crippen LogP contribution is -2.46. The number of piperidine rings is 1. The average molecular weight is 248 g/mol. The number of sulfonamides is 1. The Kier molecular flexibility index (Phi) is 4.37. The van der Waals surface area contributed by atoms with Crippen molar-refractivity contribution < 1.29 is 8.42 Å². The van der Waals surface area contributed by atoms with Crippen LogP contribution in [0, 0.1) is 5.41 Å². The van der Waals surface area contributed by atoms with E-state index in [1.165, 1.54) is 0 Å². The van der Waals surface area contributed by atoms with E-state index in [-0.39, 0.29) is 17.2 Å². The van der Waals surface area contributed by atoms with Crippen LogP contribution in [0.2, 0.25) is 0 Å². The Hall–Kier alpha value is -0.130. The molecule has 0 aromatic heterocycles. The van der Waals surface area contributed by atoms with E-state index in [1.54, 1.807) is 4.31 Å². The predicted molar refractivity (Wildman–Crippen MR) is 66.6 cm³/mol. The molecule has 0 unspecified atom stereocenters. The molecule has 5 heteroatoms. The quantitative estimate of drug-likeness (QED) is 0.815. The summed E-state index contributed by atoms with van der Waals surface area (Å²) in [5.74, 6) is 0.239. The van der Waals surface area contributed by atoms with E-state index in [0.717, 1.165) is 12.8 Å². The van der Waals surface area contributed by atoms with Crippen molar-refractivity contribution in [2.45, 2.75) is 46.1 Å². The van der Waals surface area contributed by atoms with Gasteiger partial charge in [0.25, 0.3) is 0 Å². The average Bonchev–Trinajstić information content (AvgIpc) is 2.14. The summed E-state index contributed by atoms with van der Waals surface area (Å²) in [6.45, 7) is 7.31. The summed E-state index contributed by atoms with van der Waals surface area (Å²) < 4.78 is 25.7. The van der Waals surface area contributed by atoms with Gasteiger partial charge in [0.1, 0.15) is 0 Å². The van der Waals surface area contributed by atoms with Crippen LogP contribution in [0.25, 0.3) is 0 Å². The molecule has 0 aliphatic carbocycles. The molecule has 0 amide bonds. The van der Waals surface area contributed by atoms with Gasteiger partial charge < -0.3 is 5.73 Å². The highest BCUT2D eigenvalue weighted by Gasteiger charge is 2.28. The molecule has 2 N–H and O–H groups in total. The number of nitrogens with two attached hydrogens (primary N) is 1. The van der Waals surface area contributed by atoms with Crippen LogP contribution in [0.3, 0.4) is 0 Å². The SMILES string of the molecule is CC(C)(C)CCS(=O)(=O)N1CCC[C@@H](N)C1. The second-order valence-corrected chi connectivity index (χ2v) is 7.98. The number of hydrogen-bond donors (Lipinski definition) is 1. The minimum Gasteiger partial charge on any atom is -0.327 e. The molecular formula is C11H24N2O2S. The summed E-state index contributed by atoms with van der Waals surface area (Å²) >= 11 is 0. The van der Waals surface area contributed by atoms with Gasteiger partial charge in [-0.25, -0.2) is 12.7 Å². The van der Waals surface area contributed by atoms with Gasteiger partial charge in [0.15, 0.2) is 0 Å². The van der Waals surface area contributed by atoms with Crippen molar-refractivity contribution in [3.63, 3.8) is 0 Å². The minimum absolute atomic E-state index is 0.0122. The normalized spacial score (nSPS) is 24.6. The van der Waals surface area contributed by atoms with E-state index in [4.69, 9.17) is 5.73 Å². The Morgan fingerprint density at radius 3 is 2.50 bits per heavy atom. The van der Waals surface area contributed by atoms with Gasteiger partial charge in [-0.15, -0.1) is 0 Å². The molecule has 1 heterocycles. The van der Waals surface area contributed by atoms with Gasteiger partial charge in [-0.3, -0.25) is 0 Å². The predicted octanol–water partition coefficient (Wildman–Crippen LogP) is 1.18. The van der Waals surface area contributed by atoms with Gasteiger partial charge in [0.05, 0.1) is 5.75 Å². The first-order chi connectivity index (χ1) is 7.21. The molecule has 0 aromatic carbocycles. The molecule has 0 radical (unpaired) electrons. The molecule has 1 aliphatic rings. The minimum atomic E-state index is -3.10. The fraction of sp³-hybridized carbons (Fsp3) is 1.00. The van der Waals surface area contributed by atoms with Crippen LogP contribution in [0.1, 0.15) is 40.0 Å². The zero-order valence-corrected chi connectivity index (χ0v) is 11.4. The highest BCUT2D eigenvalue weighted by molar-refractivity contribution is 7.89. The van der Waals surface area contributed by atoms with E-state index >= 15 is 0 Å². The van der Waals surface area contributed by atoms with Crippen molar-refractivity contribution >= 4 is 10.0 Å². The molecule has 0 spiro atoms. The Labute approximate surface area is 99.2 Å². The molecule has 96 valence electrons. The molecule has 0 saturated carbocycles. The summed E-state index contributed by atoms with van der Waals surface area (Å²) in [5, 5.41) is 0. The fourth-order valence-corrected chi connectivity index (χ4v) is 3.75. The van der Waals surface area contributed by atoms with Crippen LogP contribution in [0.5, 0.6) is 0 Å². The molecule has 0 aromatic rings. The summed E-state index contributed by atoms with van der Waals surface area (Å²) in [5.41, 5.74) is 5.86. The molecule has 4 nitrogen and oxygen atoms in total. The monoisotopic (exact) mass is 248 g/mol. The third kappa shape index (κ3) is 4.39. The van der Waals surface area contributed by atoms with E-state index in [1.807, 2.05) is 0 Å². The molecule has 1 saturated heterocycles. The first-order valence-corrected chi connectivity index (χ1v) is 7.55. The highest BCUT2D eigenvalue weighted by atomic mass is 32.2. The topological polar surface area (TPSA) is 63.4 Å². The summed E-state index contributed by atoms with van der Waals surface area (Å²) in [7, 11) is -3.10. The Bertz CT molecular complexity index is 319. The van der Waals surface area contributed by atoms with Crippen LogP contribution in [-0.4, -0.2) is 37.6 Å². The van der Waals surface area contributed by atoms with Crippen LogP contribution in [0.15, 0.2) is 0 Å². The van der Waals surface area contributed by atoms with Crippen molar-refractivity contribution in [1.29, 1.82) is 0 Å². The zero-order chi connectivity index (χ0) is 12.4. The molecule has 16 heavy (non-hydrogen) atoms. The van der Waals surface area contributed by atoms with Crippen LogP contribution in [0.4, 0.5) is 0 Å². The third-order valence-electron chi connectivity index (χ3n) is 2.92. The van der Waals surface area contributed by atoms with Gasteiger partial charge in [0, 0.05) is 19.1 Å². The van der Waals surface area contributed by atoms with E-state index in [0.29, 0.717) is 19.5 Å². The first kappa shape index (κ1) is 13.9. The lowest BCUT2D eigenvalue weighted by atomic mass is 9.94. The van der Waals surface area contributed by atoms with Crippen LogP contribution >= 0.6 is 0 Å². The number of rotatable bonds is 3. The highest BCUT2D eigenvalue weighted by Crippen LogP contribution is 2.21. The molecule has 1 fully saturated rings. The lowest BCUT2D eigenvalue weighted by Gasteiger charge is -2.30. The first-order valence-electron chi connectivity index (χ1n) is 5.94. The molecule has 0 bridgehead atoms. The molecular weight excluding hydrogens is 224 g/mol. The Balaban J connectivity index is 2.56. The summed E-state index contributed by atoms with van der Waals surface area (Å²) in [6.07, 6.45) is 2.52. The summed E-state index contributed by atoms with van der Waals surface area (Å²) in [4.78, 5) is 0. The van der Waals surface area contributed by atoms with Gasteiger partial charge in [-0.2, -0.15) is 0 Å². The van der Waals surface area contributed by atoms with E-state index < -0.39 is 10.0 Å². The van der Waals surface area contributed by atoms with Gasteiger partial charge in [-0.1, -0.05) is 20.8 Å². The maximum Gasteiger partial charge on any atom is 0.214 e. The van der Waals surface area contributed by atoms with Gasteiger partial charge in [0.2, 0.25) is 10.0 Å². The van der Waals surface area contributed by atoms with E-state index in [2.05, 4.69) is 20.8 Å². The maximum absolute atomic E-state index is 12.0. The number of hydrogen-bond acceptors (Lipinski definition) is 3. The van der Waals surface area contributed by atoms with Gasteiger partial charge >= 0.3 is 0 Å². The van der Waals surface area contributed by atoms with Crippen molar-refractivity contribution in [1.82, 2.24) is 4.31 Å². The Morgan fingerprint density at radius 1 is 1.38 bits per heavy atom. The zero-order valence-electron chi connectivity index (χ0n) is 10.6. The maximum atomic E-state index is 12.0. The smallest absolute Gasteiger partial charge is 0.214 e. The van der Waals surface area contributed by atoms with Crippen molar-refractivity contribution in [2.24, 2.45) is 11.1 Å². The van der Waals surface area contributed by atoms with Crippen LogP contribution in [-0.2, 0) is 10.0 Å².